The van der Waals surface area contributed by atoms with Crippen LogP contribution in [-0.4, -0.2) is 27.0 Å². The summed E-state index contributed by atoms with van der Waals surface area (Å²) in [5, 5.41) is 8.36. The molecule has 2 atom stereocenters. The maximum absolute atomic E-state index is 6.64. The molecule has 2 aliphatic rings. The molecule has 6 nitrogen and oxygen atoms in total. The normalized spacial score (nSPS) is 25.8. The average molecular weight is 417 g/mol. The summed E-state index contributed by atoms with van der Waals surface area (Å²) in [6, 6.07) is 12.6. The van der Waals surface area contributed by atoms with Gasteiger partial charge in [0.25, 0.3) is 0 Å². The molecule has 0 radical (unpaired) electrons. The first kappa shape index (κ1) is 20.1. The molecule has 31 heavy (non-hydrogen) atoms. The summed E-state index contributed by atoms with van der Waals surface area (Å²) in [6.45, 7) is 6.65. The van der Waals surface area contributed by atoms with Gasteiger partial charge in [0, 0.05) is 23.2 Å². The molecule has 3 aromatic rings. The Kier molecular flexibility index (Phi) is 4.59. The molecule has 0 aliphatic heterocycles. The van der Waals surface area contributed by atoms with Gasteiger partial charge in [-0.05, 0) is 62.3 Å². The van der Waals surface area contributed by atoms with Crippen LogP contribution in [0.25, 0.3) is 5.52 Å². The van der Waals surface area contributed by atoms with Crippen LogP contribution >= 0.6 is 0 Å². The Morgan fingerprint density at radius 3 is 2.61 bits per heavy atom. The predicted molar refractivity (Wildman–Crippen MR) is 127 cm³/mol. The van der Waals surface area contributed by atoms with Crippen LogP contribution in [0.3, 0.4) is 0 Å². The average Bonchev–Trinajstić information content (AvgIpc) is 3.42. The molecule has 162 valence electrons. The Labute approximate surface area is 183 Å². The maximum atomic E-state index is 6.64. The van der Waals surface area contributed by atoms with E-state index in [0.717, 1.165) is 35.3 Å². The van der Waals surface area contributed by atoms with Crippen molar-refractivity contribution >= 4 is 22.7 Å². The Morgan fingerprint density at radius 1 is 1.13 bits per heavy atom. The quantitative estimate of drug-likeness (QED) is 0.420. The van der Waals surface area contributed by atoms with Gasteiger partial charge in [0.2, 0.25) is 0 Å². The number of hydrogen-bond donors (Lipinski definition) is 3. The highest BCUT2D eigenvalue weighted by molar-refractivity contribution is 6.06. The molecular formula is C25H32N6. The Balaban J connectivity index is 1.57. The summed E-state index contributed by atoms with van der Waals surface area (Å²) in [5.74, 6) is 1.09. The summed E-state index contributed by atoms with van der Waals surface area (Å²) < 4.78 is 1.88. The molecule has 0 saturated heterocycles. The lowest BCUT2D eigenvalue weighted by Crippen LogP contribution is -2.51. The number of nitrogens with one attached hydrogen (secondary N) is 1. The molecule has 0 bridgehead atoms. The lowest BCUT2D eigenvalue weighted by Gasteiger charge is -2.39. The van der Waals surface area contributed by atoms with E-state index in [-0.39, 0.29) is 17.0 Å². The predicted octanol–water partition coefficient (Wildman–Crippen LogP) is 4.57. The van der Waals surface area contributed by atoms with Gasteiger partial charge in [0.05, 0.1) is 28.7 Å². The number of benzene rings is 1. The summed E-state index contributed by atoms with van der Waals surface area (Å²) in [4.78, 5) is 4.86. The molecule has 0 spiro atoms. The second kappa shape index (κ2) is 7.09. The monoisotopic (exact) mass is 416 g/mol. The molecule has 1 aromatic carbocycles. The zero-order valence-electron chi connectivity index (χ0n) is 18.6. The second-order valence-electron chi connectivity index (χ2n) is 9.98. The molecule has 2 fully saturated rings. The van der Waals surface area contributed by atoms with Gasteiger partial charge >= 0.3 is 0 Å². The first-order chi connectivity index (χ1) is 14.8. The van der Waals surface area contributed by atoms with Crippen molar-refractivity contribution in [3.8, 4) is 0 Å². The molecule has 2 aromatic heterocycles. The van der Waals surface area contributed by atoms with Crippen LogP contribution in [0.2, 0.25) is 0 Å². The number of aromatic nitrogens is 2. The third-order valence-electron chi connectivity index (χ3n) is 7.65. The highest BCUT2D eigenvalue weighted by Gasteiger charge is 2.49. The Morgan fingerprint density at radius 2 is 1.90 bits per heavy atom. The van der Waals surface area contributed by atoms with Gasteiger partial charge < -0.3 is 16.8 Å². The first-order valence-electron chi connectivity index (χ1n) is 11.2. The summed E-state index contributed by atoms with van der Waals surface area (Å²) in [5.41, 5.74) is 18.0. The third-order valence-corrected chi connectivity index (χ3v) is 7.65. The van der Waals surface area contributed by atoms with E-state index in [9.17, 15) is 0 Å². The van der Waals surface area contributed by atoms with Crippen LogP contribution in [0.4, 0.5) is 11.4 Å². The van der Waals surface area contributed by atoms with Crippen LogP contribution < -0.4 is 16.8 Å². The largest absolute Gasteiger partial charge is 0.383 e. The number of rotatable bonds is 5. The van der Waals surface area contributed by atoms with Gasteiger partial charge in [-0.3, -0.25) is 0 Å². The molecule has 2 heterocycles. The third kappa shape index (κ3) is 3.39. The number of nitrogens with two attached hydrogens (primary N) is 2. The fourth-order valence-corrected chi connectivity index (χ4v) is 4.81. The number of amidine groups is 1. The van der Waals surface area contributed by atoms with E-state index in [2.05, 4.69) is 55.5 Å². The zero-order chi connectivity index (χ0) is 21.8. The van der Waals surface area contributed by atoms with E-state index in [4.69, 9.17) is 16.5 Å². The van der Waals surface area contributed by atoms with Crippen LogP contribution in [-0.2, 0) is 0 Å². The number of fused-ring (bicyclic) bond motifs is 1. The van der Waals surface area contributed by atoms with E-state index >= 15 is 0 Å². The smallest absolute Gasteiger partial charge is 0.135 e. The second-order valence-corrected chi connectivity index (χ2v) is 9.98. The lowest BCUT2D eigenvalue weighted by atomic mass is 9.75. The van der Waals surface area contributed by atoms with Gasteiger partial charge in [0.1, 0.15) is 5.84 Å². The van der Waals surface area contributed by atoms with Crippen molar-refractivity contribution in [1.82, 2.24) is 9.61 Å². The summed E-state index contributed by atoms with van der Waals surface area (Å²) >= 11 is 0. The number of nitrogens with zero attached hydrogens (tertiary/aromatic N) is 3. The lowest BCUT2D eigenvalue weighted by molar-refractivity contribution is 0.215. The molecular weight excluding hydrogens is 384 g/mol. The minimum Gasteiger partial charge on any atom is -0.383 e. The number of hydrogen-bond acceptors (Lipinski definition) is 4. The molecule has 6 heteroatoms. The Hall–Kier alpha value is -2.86. The van der Waals surface area contributed by atoms with Gasteiger partial charge in [-0.2, -0.15) is 5.10 Å². The minimum atomic E-state index is -0.223. The fourth-order valence-electron chi connectivity index (χ4n) is 4.81. The first-order valence-corrected chi connectivity index (χ1v) is 11.2. The van der Waals surface area contributed by atoms with E-state index in [0.29, 0.717) is 11.8 Å². The molecule has 2 saturated carbocycles. The van der Waals surface area contributed by atoms with Crippen LogP contribution in [0.15, 0.2) is 53.8 Å². The van der Waals surface area contributed by atoms with Crippen molar-refractivity contribution in [1.29, 1.82) is 0 Å². The van der Waals surface area contributed by atoms with Crippen LogP contribution in [0, 0.1) is 5.41 Å². The number of anilines is 1. The minimum absolute atomic E-state index is 0.0679. The summed E-state index contributed by atoms with van der Waals surface area (Å²) in [6.07, 6.45) is 8.21. The van der Waals surface area contributed by atoms with Gasteiger partial charge in [0.15, 0.2) is 0 Å². The van der Waals surface area contributed by atoms with Gasteiger partial charge in [-0.25, -0.2) is 9.51 Å². The highest BCUT2D eigenvalue weighted by atomic mass is 15.2. The topological polar surface area (TPSA) is 93.7 Å². The molecule has 2 aliphatic carbocycles. The summed E-state index contributed by atoms with van der Waals surface area (Å²) in [7, 11) is 0. The van der Waals surface area contributed by atoms with Crippen LogP contribution in [0.5, 0.6) is 0 Å². The SMILES string of the molecule is CC1(C)[C@H](Nc2c(C(N)=Nc3ccccc3C3CC3)cnn3cccc23)CC[C@]1(C)N. The highest BCUT2D eigenvalue weighted by Crippen LogP contribution is 2.46. The van der Waals surface area contributed by atoms with Crippen molar-refractivity contribution in [3.63, 3.8) is 0 Å². The Bertz CT molecular complexity index is 1150. The molecule has 0 amide bonds. The van der Waals surface area contributed by atoms with Crippen molar-refractivity contribution in [2.75, 3.05) is 5.32 Å². The van der Waals surface area contributed by atoms with E-state index in [1.54, 1.807) is 0 Å². The standard InChI is InChI=1S/C25H32N6/c1-24(2)21(12-13-25(24,3)27)30-22-18(15-28-31-14-6-9-20(22)31)23(26)29-19-8-5-4-7-17(19)16-10-11-16/h4-9,14-16,21,30H,10-13,27H2,1-3H3,(H2,26,29)/t21-,25+/m1/s1. The van der Waals surface area contributed by atoms with Gasteiger partial charge in [-0.15, -0.1) is 0 Å². The van der Waals surface area contributed by atoms with Crippen molar-refractivity contribution < 1.29 is 0 Å². The van der Waals surface area contributed by atoms with Crippen LogP contribution in [0.1, 0.15) is 63.5 Å². The van der Waals surface area contributed by atoms with E-state index < -0.39 is 0 Å². The van der Waals surface area contributed by atoms with E-state index in [1.807, 2.05) is 29.0 Å². The zero-order valence-corrected chi connectivity index (χ0v) is 18.6. The van der Waals surface area contributed by atoms with E-state index in [1.165, 1.54) is 18.4 Å². The fraction of sp³-hybridized carbons (Fsp3) is 0.440. The van der Waals surface area contributed by atoms with Gasteiger partial charge in [-0.1, -0.05) is 32.0 Å². The van der Waals surface area contributed by atoms with Crippen molar-refractivity contribution in [2.45, 2.75) is 64.0 Å². The molecule has 0 unspecified atom stereocenters. The maximum Gasteiger partial charge on any atom is 0.135 e. The molecule has 5 rings (SSSR count). The van der Waals surface area contributed by atoms with Crippen molar-refractivity contribution in [2.24, 2.45) is 21.9 Å². The van der Waals surface area contributed by atoms with Crippen molar-refractivity contribution in [3.05, 3.63) is 59.9 Å². The number of para-hydroxylation sites is 1. The number of aliphatic imine (C=N–C) groups is 1. The molecule has 5 N–H and O–H groups in total.